The van der Waals surface area contributed by atoms with Crippen molar-refractivity contribution >= 4 is 26.8 Å². The fourth-order valence-corrected chi connectivity index (χ4v) is 2.09. The molecule has 0 spiro atoms. The van der Waals surface area contributed by atoms with Gasteiger partial charge in [-0.05, 0) is 18.2 Å². The first-order chi connectivity index (χ1) is 8.24. The summed E-state index contributed by atoms with van der Waals surface area (Å²) in [5, 5.41) is 7.46. The monoisotopic (exact) mass is 290 g/mol. The number of hydrogen-bond acceptors (Lipinski definition) is 3. The molecule has 0 bridgehead atoms. The summed E-state index contributed by atoms with van der Waals surface area (Å²) in [6, 6.07) is 5.63. The topological polar surface area (TPSA) is 74.4 Å². The van der Waals surface area contributed by atoms with Gasteiger partial charge in [0.25, 0.3) is 0 Å². The van der Waals surface area contributed by atoms with Crippen LogP contribution >= 0.6 is 15.9 Å². The van der Waals surface area contributed by atoms with Crippen molar-refractivity contribution in [2.75, 3.05) is 0 Å². The predicted octanol–water partition coefficient (Wildman–Crippen LogP) is 2.08. The Bertz CT molecular complexity index is 733. The van der Waals surface area contributed by atoms with Gasteiger partial charge in [0, 0.05) is 21.6 Å². The molecule has 0 saturated carbocycles. The Morgan fingerprint density at radius 2 is 2.18 bits per heavy atom. The summed E-state index contributed by atoms with van der Waals surface area (Å²) in [6.45, 7) is 0. The largest absolute Gasteiger partial charge is 0.345 e. The first-order valence-corrected chi connectivity index (χ1v) is 5.72. The van der Waals surface area contributed by atoms with E-state index in [1.54, 1.807) is 12.4 Å². The summed E-state index contributed by atoms with van der Waals surface area (Å²) in [5.74, 6) is 0. The molecule has 1 aromatic carbocycles. The molecule has 0 saturated heterocycles. The van der Waals surface area contributed by atoms with Crippen LogP contribution in [0.4, 0.5) is 0 Å². The highest BCUT2D eigenvalue weighted by molar-refractivity contribution is 9.10. The second-order valence-electron chi connectivity index (χ2n) is 3.57. The van der Waals surface area contributed by atoms with Gasteiger partial charge in [-0.15, -0.1) is 0 Å². The Labute approximate surface area is 104 Å². The molecule has 0 radical (unpaired) electrons. The van der Waals surface area contributed by atoms with Gasteiger partial charge in [0.05, 0.1) is 17.4 Å². The van der Waals surface area contributed by atoms with E-state index in [1.807, 2.05) is 18.2 Å². The summed E-state index contributed by atoms with van der Waals surface area (Å²) < 4.78 is 0.934. The lowest BCUT2D eigenvalue weighted by molar-refractivity contribution is 1.09. The molecule has 0 fully saturated rings. The van der Waals surface area contributed by atoms with Gasteiger partial charge in [0.15, 0.2) is 0 Å². The van der Waals surface area contributed by atoms with Gasteiger partial charge in [0.2, 0.25) is 0 Å². The van der Waals surface area contributed by atoms with Crippen LogP contribution in [0.15, 0.2) is 39.9 Å². The smallest absolute Gasteiger partial charge is 0.305 e. The van der Waals surface area contributed by atoms with E-state index in [0.29, 0.717) is 5.69 Å². The van der Waals surface area contributed by atoms with Crippen molar-refractivity contribution in [3.8, 4) is 11.3 Å². The van der Waals surface area contributed by atoms with Crippen molar-refractivity contribution in [2.24, 2.45) is 0 Å². The molecule has 2 N–H and O–H groups in total. The quantitative estimate of drug-likeness (QED) is 0.720. The third-order valence-corrected chi connectivity index (χ3v) is 2.96. The number of fused-ring (bicyclic) bond motifs is 1. The molecule has 84 valence electrons. The summed E-state index contributed by atoms with van der Waals surface area (Å²) in [4.78, 5) is 18.2. The highest BCUT2D eigenvalue weighted by Crippen LogP contribution is 2.25. The average molecular weight is 291 g/mol. The molecule has 0 aliphatic rings. The van der Waals surface area contributed by atoms with Crippen LogP contribution in [0.5, 0.6) is 0 Å². The molecule has 0 amide bonds. The van der Waals surface area contributed by atoms with E-state index < -0.39 is 0 Å². The fraction of sp³-hybridized carbons (Fsp3) is 0. The number of nitrogens with zero attached hydrogens (tertiary/aromatic N) is 2. The van der Waals surface area contributed by atoms with Crippen molar-refractivity contribution in [1.29, 1.82) is 0 Å². The van der Waals surface area contributed by atoms with E-state index in [-0.39, 0.29) is 5.69 Å². The molecule has 0 aliphatic carbocycles. The number of aromatic nitrogens is 4. The van der Waals surface area contributed by atoms with E-state index in [2.05, 4.69) is 36.1 Å². The standard InChI is InChI=1S/C11H7BrN4O/c12-7-1-2-9-8(3-7)10(16-11(17)15-9)6-4-13-14-5-6/h1-5H,(H,13,14)(H,15,16,17). The fourth-order valence-electron chi connectivity index (χ4n) is 1.73. The second kappa shape index (κ2) is 3.81. The molecule has 3 aromatic rings. The Kier molecular flexibility index (Phi) is 2.29. The number of H-pyrrole nitrogens is 2. The predicted molar refractivity (Wildman–Crippen MR) is 67.6 cm³/mol. The Hall–Kier alpha value is -1.95. The number of aromatic amines is 2. The molecule has 17 heavy (non-hydrogen) atoms. The second-order valence-corrected chi connectivity index (χ2v) is 4.48. The maximum Gasteiger partial charge on any atom is 0.345 e. The molecular weight excluding hydrogens is 284 g/mol. The van der Waals surface area contributed by atoms with Crippen LogP contribution in [0.2, 0.25) is 0 Å². The van der Waals surface area contributed by atoms with Gasteiger partial charge < -0.3 is 4.98 Å². The van der Waals surface area contributed by atoms with Gasteiger partial charge >= 0.3 is 5.69 Å². The number of hydrogen-bond donors (Lipinski definition) is 2. The van der Waals surface area contributed by atoms with Gasteiger partial charge in [-0.2, -0.15) is 10.1 Å². The highest BCUT2D eigenvalue weighted by atomic mass is 79.9. The zero-order valence-corrected chi connectivity index (χ0v) is 10.2. The lowest BCUT2D eigenvalue weighted by atomic mass is 10.1. The van der Waals surface area contributed by atoms with Crippen LogP contribution in [0.3, 0.4) is 0 Å². The van der Waals surface area contributed by atoms with Crippen LogP contribution < -0.4 is 5.69 Å². The lowest BCUT2D eigenvalue weighted by Gasteiger charge is -2.03. The van der Waals surface area contributed by atoms with Gasteiger partial charge in [-0.3, -0.25) is 5.10 Å². The van der Waals surface area contributed by atoms with Crippen LogP contribution in [-0.4, -0.2) is 20.2 Å². The first-order valence-electron chi connectivity index (χ1n) is 4.93. The number of halogens is 1. The van der Waals surface area contributed by atoms with Crippen LogP contribution in [-0.2, 0) is 0 Å². The Morgan fingerprint density at radius 1 is 1.29 bits per heavy atom. The summed E-state index contributed by atoms with van der Waals surface area (Å²) in [7, 11) is 0. The van der Waals surface area contributed by atoms with Crippen molar-refractivity contribution in [2.45, 2.75) is 0 Å². The van der Waals surface area contributed by atoms with E-state index in [9.17, 15) is 4.79 Å². The van der Waals surface area contributed by atoms with Gasteiger partial charge in [-0.25, -0.2) is 4.79 Å². The van der Waals surface area contributed by atoms with E-state index in [4.69, 9.17) is 0 Å². The lowest BCUT2D eigenvalue weighted by Crippen LogP contribution is -2.11. The maximum absolute atomic E-state index is 11.5. The molecule has 6 heteroatoms. The third kappa shape index (κ3) is 1.76. The molecule has 2 heterocycles. The van der Waals surface area contributed by atoms with E-state index >= 15 is 0 Å². The summed E-state index contributed by atoms with van der Waals surface area (Å²) in [5.41, 5.74) is 1.80. The Morgan fingerprint density at radius 3 is 2.94 bits per heavy atom. The molecule has 5 nitrogen and oxygen atoms in total. The van der Waals surface area contributed by atoms with Crippen LogP contribution in [0.25, 0.3) is 22.2 Å². The summed E-state index contributed by atoms with van der Waals surface area (Å²) >= 11 is 3.41. The van der Waals surface area contributed by atoms with Gasteiger partial charge in [0.1, 0.15) is 0 Å². The maximum atomic E-state index is 11.5. The average Bonchev–Trinajstić information content (AvgIpc) is 2.82. The van der Waals surface area contributed by atoms with Crippen molar-refractivity contribution in [1.82, 2.24) is 20.2 Å². The van der Waals surface area contributed by atoms with Crippen molar-refractivity contribution in [3.63, 3.8) is 0 Å². The molecule has 0 unspecified atom stereocenters. The molecule has 0 atom stereocenters. The zero-order valence-electron chi connectivity index (χ0n) is 8.57. The van der Waals surface area contributed by atoms with Crippen molar-refractivity contribution < 1.29 is 0 Å². The molecule has 0 aliphatic heterocycles. The Balaban J connectivity index is 2.44. The number of rotatable bonds is 1. The minimum Gasteiger partial charge on any atom is -0.305 e. The van der Waals surface area contributed by atoms with Crippen LogP contribution in [0.1, 0.15) is 0 Å². The third-order valence-electron chi connectivity index (χ3n) is 2.46. The highest BCUT2D eigenvalue weighted by Gasteiger charge is 2.08. The number of benzene rings is 1. The van der Waals surface area contributed by atoms with E-state index in [0.717, 1.165) is 20.9 Å². The number of nitrogens with one attached hydrogen (secondary N) is 2. The minimum atomic E-state index is -0.365. The van der Waals surface area contributed by atoms with Crippen molar-refractivity contribution in [3.05, 3.63) is 45.5 Å². The van der Waals surface area contributed by atoms with E-state index in [1.165, 1.54) is 0 Å². The molecular formula is C11H7BrN4O. The summed E-state index contributed by atoms with van der Waals surface area (Å²) in [6.07, 6.45) is 3.35. The normalized spacial score (nSPS) is 10.9. The molecule has 2 aromatic heterocycles. The van der Waals surface area contributed by atoms with Gasteiger partial charge in [-0.1, -0.05) is 15.9 Å². The SMILES string of the molecule is O=c1nc(-c2cn[nH]c2)c2cc(Br)ccc2[nH]1. The zero-order chi connectivity index (χ0) is 11.8. The first kappa shape index (κ1) is 10.2. The van der Waals surface area contributed by atoms with Crippen LogP contribution in [0, 0.1) is 0 Å². The molecule has 3 rings (SSSR count). The minimum absolute atomic E-state index is 0.365.